The Balaban J connectivity index is 1.46. The molecule has 0 amide bonds. The number of nitrogens with one attached hydrogen (secondary N) is 2. The van der Waals surface area contributed by atoms with Gasteiger partial charge < -0.3 is 15.4 Å². The minimum atomic E-state index is 0.370. The van der Waals surface area contributed by atoms with Gasteiger partial charge in [0.1, 0.15) is 11.8 Å². The number of nitrogens with zero attached hydrogens (tertiary/aromatic N) is 3. The summed E-state index contributed by atoms with van der Waals surface area (Å²) in [6.45, 7) is 3.80. The van der Waals surface area contributed by atoms with Crippen LogP contribution in [0.4, 0.5) is 17.3 Å². The standard InChI is InChI=1S/C23H21N5O/c1-14-13-26-22-17(12-24)9-16(11-19(14)22)20-6-7-25-23(28-20)27-18-4-5-21-15(10-18)3-2-8-29-21/h4-7,9-11,14,26H,2-3,8,13H2,1H3,(H,25,27,28). The first-order valence-electron chi connectivity index (χ1n) is 9.89. The van der Waals surface area contributed by atoms with Crippen molar-refractivity contribution in [2.75, 3.05) is 23.8 Å². The molecule has 6 nitrogen and oxygen atoms in total. The van der Waals surface area contributed by atoms with Crippen molar-refractivity contribution in [2.45, 2.75) is 25.7 Å². The van der Waals surface area contributed by atoms with E-state index in [1.165, 1.54) is 11.1 Å². The second-order valence-electron chi connectivity index (χ2n) is 7.55. The summed E-state index contributed by atoms with van der Waals surface area (Å²) >= 11 is 0. The monoisotopic (exact) mass is 383 g/mol. The Morgan fingerprint density at radius 2 is 2.17 bits per heavy atom. The van der Waals surface area contributed by atoms with Gasteiger partial charge in [-0.3, -0.25) is 0 Å². The van der Waals surface area contributed by atoms with Crippen molar-refractivity contribution in [3.8, 4) is 23.1 Å². The van der Waals surface area contributed by atoms with E-state index in [9.17, 15) is 5.26 Å². The molecule has 2 aliphatic rings. The zero-order valence-corrected chi connectivity index (χ0v) is 16.2. The molecule has 2 N–H and O–H groups in total. The molecule has 1 aromatic heterocycles. The second kappa shape index (κ2) is 7.10. The Labute approximate surface area is 169 Å². The third-order valence-corrected chi connectivity index (χ3v) is 5.52. The largest absolute Gasteiger partial charge is 0.493 e. The van der Waals surface area contributed by atoms with E-state index in [0.717, 1.165) is 54.4 Å². The lowest BCUT2D eigenvalue weighted by Crippen LogP contribution is -2.08. The molecule has 29 heavy (non-hydrogen) atoms. The summed E-state index contributed by atoms with van der Waals surface area (Å²) in [5.74, 6) is 1.86. The third kappa shape index (κ3) is 3.25. The van der Waals surface area contributed by atoms with E-state index in [1.807, 2.05) is 24.3 Å². The Morgan fingerprint density at radius 3 is 3.07 bits per heavy atom. The lowest BCUT2D eigenvalue weighted by molar-refractivity contribution is 0.288. The molecular weight excluding hydrogens is 362 g/mol. The lowest BCUT2D eigenvalue weighted by Gasteiger charge is -2.18. The molecule has 2 aliphatic heterocycles. The summed E-state index contributed by atoms with van der Waals surface area (Å²) in [7, 11) is 0. The van der Waals surface area contributed by atoms with E-state index in [1.54, 1.807) is 6.20 Å². The first kappa shape index (κ1) is 17.5. The van der Waals surface area contributed by atoms with Gasteiger partial charge >= 0.3 is 0 Å². The summed E-state index contributed by atoms with van der Waals surface area (Å²) in [5.41, 5.74) is 6.65. The van der Waals surface area contributed by atoms with Crippen molar-refractivity contribution >= 4 is 17.3 Å². The van der Waals surface area contributed by atoms with Gasteiger partial charge in [0.15, 0.2) is 0 Å². The summed E-state index contributed by atoms with van der Waals surface area (Å²) in [6.07, 6.45) is 3.80. The van der Waals surface area contributed by atoms with Crippen LogP contribution in [0.15, 0.2) is 42.6 Å². The van der Waals surface area contributed by atoms with Crippen LogP contribution in [-0.2, 0) is 6.42 Å². The molecule has 6 heteroatoms. The van der Waals surface area contributed by atoms with E-state index in [4.69, 9.17) is 9.72 Å². The molecule has 2 aromatic carbocycles. The fraction of sp³-hybridized carbons (Fsp3) is 0.261. The van der Waals surface area contributed by atoms with Crippen molar-refractivity contribution in [2.24, 2.45) is 0 Å². The molecular formula is C23H21N5O. The third-order valence-electron chi connectivity index (χ3n) is 5.52. The smallest absolute Gasteiger partial charge is 0.227 e. The van der Waals surface area contributed by atoms with Crippen LogP contribution < -0.4 is 15.4 Å². The molecule has 144 valence electrons. The lowest BCUT2D eigenvalue weighted by atomic mass is 9.96. The molecule has 0 radical (unpaired) electrons. The summed E-state index contributed by atoms with van der Waals surface area (Å²) in [5, 5.41) is 16.2. The van der Waals surface area contributed by atoms with Gasteiger partial charge in [-0.05, 0) is 60.4 Å². The van der Waals surface area contributed by atoms with Crippen molar-refractivity contribution < 1.29 is 4.74 Å². The van der Waals surface area contributed by atoms with Crippen LogP contribution in [0.5, 0.6) is 5.75 Å². The van der Waals surface area contributed by atoms with Gasteiger partial charge in [-0.15, -0.1) is 0 Å². The van der Waals surface area contributed by atoms with Crippen LogP contribution in [0, 0.1) is 11.3 Å². The SMILES string of the molecule is CC1CNc2c(C#N)cc(-c3ccnc(Nc4ccc5c(c4)CCCO5)n3)cc21. The Kier molecular flexibility index (Phi) is 4.28. The first-order chi connectivity index (χ1) is 14.2. The molecule has 0 bridgehead atoms. The Hall–Kier alpha value is -3.59. The summed E-state index contributed by atoms with van der Waals surface area (Å²) in [4.78, 5) is 9.06. The molecule has 0 spiro atoms. The van der Waals surface area contributed by atoms with Crippen LogP contribution in [-0.4, -0.2) is 23.1 Å². The molecule has 0 saturated carbocycles. The fourth-order valence-corrected chi connectivity index (χ4v) is 4.00. The van der Waals surface area contributed by atoms with Crippen molar-refractivity contribution in [3.05, 3.63) is 59.3 Å². The van der Waals surface area contributed by atoms with Gasteiger partial charge in [-0.2, -0.15) is 5.26 Å². The van der Waals surface area contributed by atoms with Crippen LogP contribution in [0.25, 0.3) is 11.3 Å². The number of fused-ring (bicyclic) bond motifs is 2. The maximum absolute atomic E-state index is 9.56. The molecule has 0 aliphatic carbocycles. The van der Waals surface area contributed by atoms with Crippen molar-refractivity contribution in [3.63, 3.8) is 0 Å². The molecule has 0 fully saturated rings. The fourth-order valence-electron chi connectivity index (χ4n) is 4.00. The predicted octanol–water partition coefficient (Wildman–Crippen LogP) is 4.61. The quantitative estimate of drug-likeness (QED) is 0.687. The number of nitriles is 1. The minimum absolute atomic E-state index is 0.370. The average molecular weight is 383 g/mol. The minimum Gasteiger partial charge on any atom is -0.493 e. The number of aromatic nitrogens is 2. The molecule has 1 unspecified atom stereocenters. The summed E-state index contributed by atoms with van der Waals surface area (Å²) < 4.78 is 5.68. The first-order valence-corrected chi connectivity index (χ1v) is 9.89. The highest BCUT2D eigenvalue weighted by molar-refractivity contribution is 5.75. The highest BCUT2D eigenvalue weighted by Gasteiger charge is 2.22. The van der Waals surface area contributed by atoms with E-state index in [-0.39, 0.29) is 0 Å². The molecule has 3 heterocycles. The molecule has 3 aromatic rings. The summed E-state index contributed by atoms with van der Waals surface area (Å²) in [6, 6.07) is 14.3. The maximum atomic E-state index is 9.56. The van der Waals surface area contributed by atoms with Crippen LogP contribution in [0.1, 0.15) is 36.0 Å². The number of hydrogen-bond acceptors (Lipinski definition) is 6. The van der Waals surface area contributed by atoms with Crippen LogP contribution >= 0.6 is 0 Å². The van der Waals surface area contributed by atoms with E-state index >= 15 is 0 Å². The number of hydrogen-bond donors (Lipinski definition) is 2. The maximum Gasteiger partial charge on any atom is 0.227 e. The van der Waals surface area contributed by atoms with Crippen molar-refractivity contribution in [1.82, 2.24) is 9.97 Å². The van der Waals surface area contributed by atoms with E-state index in [0.29, 0.717) is 17.4 Å². The van der Waals surface area contributed by atoms with E-state index < -0.39 is 0 Å². The van der Waals surface area contributed by atoms with Gasteiger partial charge in [0.2, 0.25) is 5.95 Å². The van der Waals surface area contributed by atoms with Crippen LogP contribution in [0.2, 0.25) is 0 Å². The number of anilines is 3. The van der Waals surface area contributed by atoms with Gasteiger partial charge in [0.25, 0.3) is 0 Å². The van der Waals surface area contributed by atoms with Gasteiger partial charge in [-0.1, -0.05) is 6.92 Å². The number of ether oxygens (including phenoxy) is 1. The van der Waals surface area contributed by atoms with Crippen LogP contribution in [0.3, 0.4) is 0 Å². The number of benzene rings is 2. The number of rotatable bonds is 3. The molecule has 1 atom stereocenters. The van der Waals surface area contributed by atoms with Gasteiger partial charge in [0.05, 0.1) is 23.6 Å². The zero-order valence-electron chi connectivity index (χ0n) is 16.2. The Morgan fingerprint density at radius 1 is 1.24 bits per heavy atom. The van der Waals surface area contributed by atoms with E-state index in [2.05, 4.69) is 40.7 Å². The molecule has 5 rings (SSSR count). The van der Waals surface area contributed by atoms with Gasteiger partial charge in [-0.25, -0.2) is 9.97 Å². The Bertz CT molecular complexity index is 1130. The highest BCUT2D eigenvalue weighted by atomic mass is 16.5. The number of aryl methyl sites for hydroxylation is 1. The van der Waals surface area contributed by atoms with Gasteiger partial charge in [0, 0.05) is 29.9 Å². The predicted molar refractivity (Wildman–Crippen MR) is 113 cm³/mol. The zero-order chi connectivity index (χ0) is 19.8. The highest BCUT2D eigenvalue weighted by Crippen LogP contribution is 2.37. The van der Waals surface area contributed by atoms with Crippen molar-refractivity contribution in [1.29, 1.82) is 5.26 Å². The topological polar surface area (TPSA) is 82.9 Å². The second-order valence-corrected chi connectivity index (χ2v) is 7.55. The average Bonchev–Trinajstić information content (AvgIpc) is 3.14. The molecule has 0 saturated heterocycles. The normalized spacial score (nSPS) is 16.8.